The molecule has 0 unspecified atom stereocenters. The molecule has 7 heteroatoms. The molecule has 0 aliphatic carbocycles. The highest BCUT2D eigenvalue weighted by atomic mass is 32.2. The number of methoxy groups -OCH3 is 1. The number of rotatable bonds is 7. The normalized spacial score (nSPS) is 15.1. The molecule has 2 N–H and O–H groups in total. The van der Waals surface area contributed by atoms with E-state index in [-0.39, 0.29) is 11.4 Å². The first-order valence-corrected chi connectivity index (χ1v) is 12.8. The second kappa shape index (κ2) is 9.33. The lowest BCUT2D eigenvalue weighted by atomic mass is 9.81. The highest BCUT2D eigenvalue weighted by Gasteiger charge is 2.27. The van der Waals surface area contributed by atoms with E-state index in [1.165, 1.54) is 5.56 Å². The molecule has 176 valence electrons. The zero-order valence-electron chi connectivity index (χ0n) is 19.8. The molecule has 1 aliphatic rings. The first-order valence-electron chi connectivity index (χ1n) is 11.3. The summed E-state index contributed by atoms with van der Waals surface area (Å²) >= 11 is 0. The molecular weight excluding hydrogens is 434 g/mol. The van der Waals surface area contributed by atoms with Crippen molar-refractivity contribution in [3.05, 3.63) is 65.7 Å². The van der Waals surface area contributed by atoms with Crippen molar-refractivity contribution in [3.8, 4) is 5.75 Å². The molecule has 1 saturated heterocycles. The summed E-state index contributed by atoms with van der Waals surface area (Å²) in [5.74, 6) is 0.683. The van der Waals surface area contributed by atoms with Crippen molar-refractivity contribution < 1.29 is 13.2 Å². The summed E-state index contributed by atoms with van der Waals surface area (Å²) in [5, 5.41) is 5.64. The fourth-order valence-electron chi connectivity index (χ4n) is 4.42. The lowest BCUT2D eigenvalue weighted by Crippen LogP contribution is -2.43. The molecule has 0 amide bonds. The SMILES string of the molecule is COc1ccc(S(=O)(=O)NCC(C)(C)c2cccc3ccc(C)cc23)cc1N1CCNCC1. The van der Waals surface area contributed by atoms with Gasteiger partial charge < -0.3 is 15.0 Å². The second-order valence-electron chi connectivity index (χ2n) is 9.31. The van der Waals surface area contributed by atoms with Gasteiger partial charge in [-0.15, -0.1) is 0 Å². The molecule has 3 aromatic rings. The van der Waals surface area contributed by atoms with E-state index < -0.39 is 15.4 Å². The van der Waals surface area contributed by atoms with Crippen molar-refractivity contribution in [2.45, 2.75) is 31.1 Å². The predicted molar refractivity (Wildman–Crippen MR) is 135 cm³/mol. The first kappa shape index (κ1) is 23.5. The third kappa shape index (κ3) is 5.00. The number of nitrogens with one attached hydrogen (secondary N) is 2. The van der Waals surface area contributed by atoms with Crippen molar-refractivity contribution >= 4 is 26.5 Å². The molecule has 0 atom stereocenters. The first-order chi connectivity index (χ1) is 15.7. The van der Waals surface area contributed by atoms with Crippen LogP contribution in [0.25, 0.3) is 10.8 Å². The molecule has 4 rings (SSSR count). The van der Waals surface area contributed by atoms with Gasteiger partial charge in [0, 0.05) is 38.1 Å². The van der Waals surface area contributed by atoms with E-state index in [1.54, 1.807) is 25.3 Å². The lowest BCUT2D eigenvalue weighted by molar-refractivity contribution is 0.412. The predicted octanol–water partition coefficient (Wildman–Crippen LogP) is 3.82. The molecule has 0 aromatic heterocycles. The fourth-order valence-corrected chi connectivity index (χ4v) is 5.65. The van der Waals surface area contributed by atoms with E-state index in [9.17, 15) is 8.42 Å². The maximum absolute atomic E-state index is 13.3. The Kier molecular flexibility index (Phi) is 6.66. The van der Waals surface area contributed by atoms with E-state index in [1.807, 2.05) is 6.07 Å². The molecule has 33 heavy (non-hydrogen) atoms. The molecule has 6 nitrogen and oxygen atoms in total. The Hall–Kier alpha value is -2.61. The minimum atomic E-state index is -3.70. The third-order valence-corrected chi connectivity index (χ3v) is 7.79. The zero-order valence-corrected chi connectivity index (χ0v) is 20.6. The molecular formula is C26H33N3O3S. The fraction of sp³-hybridized carbons (Fsp3) is 0.385. The van der Waals surface area contributed by atoms with Crippen LogP contribution in [-0.2, 0) is 15.4 Å². The van der Waals surface area contributed by atoms with Crippen molar-refractivity contribution in [1.82, 2.24) is 10.0 Å². The molecule has 3 aromatic carbocycles. The standard InChI is InChI=1S/C26H33N3O3S/c1-19-8-9-20-6-5-7-23(22(20)16-19)26(2,3)18-28-33(30,31)21-10-11-25(32-4)24(17-21)29-14-12-27-13-15-29/h5-11,16-17,27-28H,12-15,18H2,1-4H3. The molecule has 1 aliphatic heterocycles. The number of anilines is 1. The van der Waals surface area contributed by atoms with Crippen LogP contribution in [0.5, 0.6) is 5.75 Å². The van der Waals surface area contributed by atoms with Crippen LogP contribution in [-0.4, -0.2) is 48.3 Å². The summed E-state index contributed by atoms with van der Waals surface area (Å²) in [7, 11) is -2.08. The highest BCUT2D eigenvalue weighted by molar-refractivity contribution is 7.89. The van der Waals surface area contributed by atoms with Crippen LogP contribution in [0.4, 0.5) is 5.69 Å². The third-order valence-electron chi connectivity index (χ3n) is 6.39. The smallest absolute Gasteiger partial charge is 0.240 e. The van der Waals surface area contributed by atoms with Crippen LogP contribution in [0, 0.1) is 6.92 Å². The van der Waals surface area contributed by atoms with E-state index in [2.05, 4.69) is 66.0 Å². The van der Waals surface area contributed by atoms with Gasteiger partial charge in [0.1, 0.15) is 5.75 Å². The van der Waals surface area contributed by atoms with Crippen molar-refractivity contribution in [2.75, 3.05) is 44.7 Å². The average Bonchev–Trinajstić information content (AvgIpc) is 2.82. The maximum atomic E-state index is 13.3. The van der Waals surface area contributed by atoms with Gasteiger partial charge in [-0.3, -0.25) is 0 Å². The number of nitrogens with zero attached hydrogens (tertiary/aromatic N) is 1. The van der Waals surface area contributed by atoms with Crippen LogP contribution in [0.15, 0.2) is 59.5 Å². The molecule has 0 radical (unpaired) electrons. The summed E-state index contributed by atoms with van der Waals surface area (Å²) in [4.78, 5) is 2.41. The van der Waals surface area contributed by atoms with Gasteiger partial charge in [0.25, 0.3) is 0 Å². The van der Waals surface area contributed by atoms with E-state index >= 15 is 0 Å². The average molecular weight is 468 g/mol. The van der Waals surface area contributed by atoms with Gasteiger partial charge in [-0.05, 0) is 41.5 Å². The minimum absolute atomic E-state index is 0.251. The molecule has 0 bridgehead atoms. The number of aryl methyl sites for hydroxylation is 1. The maximum Gasteiger partial charge on any atom is 0.240 e. The van der Waals surface area contributed by atoms with E-state index in [0.717, 1.165) is 48.2 Å². The quantitative estimate of drug-likeness (QED) is 0.553. The number of sulfonamides is 1. The van der Waals surface area contributed by atoms with Gasteiger partial charge in [-0.1, -0.05) is 55.8 Å². The Morgan fingerprint density at radius 1 is 1.06 bits per heavy atom. The Morgan fingerprint density at radius 2 is 1.82 bits per heavy atom. The molecule has 0 spiro atoms. The molecule has 1 heterocycles. The van der Waals surface area contributed by atoms with Crippen molar-refractivity contribution in [1.29, 1.82) is 0 Å². The Labute approximate surface area is 197 Å². The van der Waals surface area contributed by atoms with Crippen LogP contribution in [0.2, 0.25) is 0 Å². The summed E-state index contributed by atoms with van der Waals surface area (Å²) in [6.45, 7) is 9.85. The summed E-state index contributed by atoms with van der Waals surface area (Å²) < 4.78 is 34.9. The largest absolute Gasteiger partial charge is 0.495 e. The van der Waals surface area contributed by atoms with Crippen LogP contribution in [0.3, 0.4) is 0 Å². The monoisotopic (exact) mass is 467 g/mol. The molecule has 0 saturated carbocycles. The van der Waals surface area contributed by atoms with Crippen LogP contribution in [0.1, 0.15) is 25.0 Å². The van der Waals surface area contributed by atoms with Gasteiger partial charge >= 0.3 is 0 Å². The lowest BCUT2D eigenvalue weighted by Gasteiger charge is -2.31. The van der Waals surface area contributed by atoms with Crippen LogP contribution >= 0.6 is 0 Å². The number of benzene rings is 3. The summed E-state index contributed by atoms with van der Waals surface area (Å²) in [6, 6.07) is 17.7. The van der Waals surface area contributed by atoms with Crippen LogP contribution < -0.4 is 19.7 Å². The van der Waals surface area contributed by atoms with E-state index in [4.69, 9.17) is 4.74 Å². The summed E-state index contributed by atoms with van der Waals surface area (Å²) in [6.07, 6.45) is 0. The number of piperazine rings is 1. The number of ether oxygens (including phenoxy) is 1. The van der Waals surface area contributed by atoms with Crippen molar-refractivity contribution in [3.63, 3.8) is 0 Å². The van der Waals surface area contributed by atoms with Crippen molar-refractivity contribution in [2.24, 2.45) is 0 Å². The van der Waals surface area contributed by atoms with Gasteiger partial charge in [-0.25, -0.2) is 13.1 Å². The zero-order chi connectivity index (χ0) is 23.6. The minimum Gasteiger partial charge on any atom is -0.495 e. The second-order valence-corrected chi connectivity index (χ2v) is 11.1. The number of hydrogen-bond acceptors (Lipinski definition) is 5. The highest BCUT2D eigenvalue weighted by Crippen LogP contribution is 2.33. The van der Waals surface area contributed by atoms with Gasteiger partial charge in [0.15, 0.2) is 0 Å². The Balaban J connectivity index is 1.60. The van der Waals surface area contributed by atoms with E-state index in [0.29, 0.717) is 5.75 Å². The van der Waals surface area contributed by atoms with Gasteiger partial charge in [-0.2, -0.15) is 0 Å². The molecule has 1 fully saturated rings. The summed E-state index contributed by atoms with van der Waals surface area (Å²) in [5.41, 5.74) is 2.73. The van der Waals surface area contributed by atoms with Gasteiger partial charge in [0.05, 0.1) is 17.7 Å². The Bertz CT molecular complexity index is 1250. The van der Waals surface area contributed by atoms with Gasteiger partial charge in [0.2, 0.25) is 10.0 Å². The Morgan fingerprint density at radius 3 is 2.55 bits per heavy atom. The number of hydrogen-bond donors (Lipinski definition) is 2. The number of fused-ring (bicyclic) bond motifs is 1. The topological polar surface area (TPSA) is 70.7 Å².